The highest BCUT2D eigenvalue weighted by Gasteiger charge is 2.57. The predicted molar refractivity (Wildman–Crippen MR) is 133 cm³/mol. The zero-order valence-electron chi connectivity index (χ0n) is 20.8. The van der Waals surface area contributed by atoms with Crippen LogP contribution in [-0.2, 0) is 22.2 Å². The number of carbonyl (C=O) groups is 2. The van der Waals surface area contributed by atoms with E-state index in [1.807, 2.05) is 0 Å². The molecule has 2 heterocycles. The van der Waals surface area contributed by atoms with E-state index in [1.165, 1.54) is 41.0 Å². The van der Waals surface area contributed by atoms with Crippen molar-refractivity contribution in [3.8, 4) is 0 Å². The van der Waals surface area contributed by atoms with Gasteiger partial charge >= 0.3 is 12.4 Å². The maximum atomic E-state index is 13.6. The Morgan fingerprint density at radius 2 is 1.59 bits per heavy atom. The molecule has 1 unspecified atom stereocenters. The van der Waals surface area contributed by atoms with Crippen LogP contribution in [0.2, 0.25) is 0 Å². The monoisotopic (exact) mass is 602 g/mol. The quantitative estimate of drug-likeness (QED) is 0.303. The van der Waals surface area contributed by atoms with Crippen LogP contribution in [-0.4, -0.2) is 39.4 Å². The minimum atomic E-state index is -5.60. The molecule has 41 heavy (non-hydrogen) atoms. The average molecular weight is 603 g/mol. The third-order valence-corrected chi connectivity index (χ3v) is 7.81. The minimum Gasteiger partial charge on any atom is -0.284 e. The van der Waals surface area contributed by atoms with Crippen molar-refractivity contribution in [1.29, 1.82) is 0 Å². The van der Waals surface area contributed by atoms with Gasteiger partial charge in [0.1, 0.15) is 5.82 Å². The van der Waals surface area contributed by atoms with Gasteiger partial charge in [-0.05, 0) is 66.4 Å². The summed E-state index contributed by atoms with van der Waals surface area (Å²) in [7, 11) is -2.13. The van der Waals surface area contributed by atoms with Gasteiger partial charge in [0.05, 0.1) is 16.6 Å². The Bertz CT molecular complexity index is 1420. The van der Waals surface area contributed by atoms with Gasteiger partial charge in [-0.15, -0.1) is 0 Å². The van der Waals surface area contributed by atoms with Crippen LogP contribution < -0.4 is 15.2 Å². The smallest absolute Gasteiger partial charge is 0.284 e. The van der Waals surface area contributed by atoms with Crippen molar-refractivity contribution in [3.63, 3.8) is 0 Å². The molecule has 0 fully saturated rings. The van der Waals surface area contributed by atoms with E-state index in [0.717, 1.165) is 24.3 Å². The van der Waals surface area contributed by atoms with Gasteiger partial charge in [-0.1, -0.05) is 12.1 Å². The van der Waals surface area contributed by atoms with Crippen molar-refractivity contribution < 1.29 is 44.5 Å². The summed E-state index contributed by atoms with van der Waals surface area (Å²) >= 11 is 0. The molecule has 0 aliphatic carbocycles. The number of aryl methyl sites for hydroxylation is 1. The van der Waals surface area contributed by atoms with Gasteiger partial charge in [0.2, 0.25) is 5.91 Å². The lowest BCUT2D eigenvalue weighted by molar-refractivity contribution is -0.253. The fourth-order valence-corrected chi connectivity index (χ4v) is 5.84. The van der Waals surface area contributed by atoms with Crippen LogP contribution in [0.3, 0.4) is 0 Å². The normalized spacial score (nSPS) is 16.2. The number of hydrazine groups is 1. The summed E-state index contributed by atoms with van der Waals surface area (Å²) in [5, 5.41) is 0. The molecule has 0 spiro atoms. The van der Waals surface area contributed by atoms with Crippen molar-refractivity contribution in [2.24, 2.45) is 0 Å². The zero-order chi connectivity index (χ0) is 29.9. The number of nitrogens with one attached hydrogen (secondary N) is 2. The molecule has 0 saturated carbocycles. The molecular formula is C26H21F7N4O3S. The molecule has 2 amide bonds. The van der Waals surface area contributed by atoms with Gasteiger partial charge < -0.3 is 0 Å². The number of rotatable bonds is 6. The first-order valence-electron chi connectivity index (χ1n) is 12.0. The van der Waals surface area contributed by atoms with Crippen LogP contribution in [0, 0.1) is 5.82 Å². The van der Waals surface area contributed by atoms with Crippen LogP contribution in [0.25, 0.3) is 0 Å². The molecule has 2 N–H and O–H groups in total. The molecule has 0 radical (unpaired) electrons. The molecule has 15 heteroatoms. The maximum Gasteiger partial charge on any atom is 0.404 e. The topological polar surface area (TPSA) is 91.4 Å². The molecule has 3 aromatic rings. The van der Waals surface area contributed by atoms with Gasteiger partial charge in [0, 0.05) is 24.4 Å². The summed E-state index contributed by atoms with van der Waals surface area (Å²) < 4.78 is 108. The number of hydrogen-bond acceptors (Lipinski definition) is 4. The molecule has 2 atom stereocenters. The number of hydrogen-bond donors (Lipinski definition) is 2. The fraction of sp³-hybridized carbons (Fsp3) is 0.269. The van der Waals surface area contributed by atoms with Gasteiger partial charge in [-0.3, -0.25) is 29.7 Å². The van der Waals surface area contributed by atoms with Crippen LogP contribution in [0.4, 0.5) is 36.4 Å². The molecule has 2 aromatic carbocycles. The van der Waals surface area contributed by atoms with Crippen LogP contribution in [0.1, 0.15) is 40.2 Å². The predicted octanol–water partition coefficient (Wildman–Crippen LogP) is 5.12. The number of fused-ring (bicyclic) bond motifs is 1. The number of halogens is 7. The second kappa shape index (κ2) is 11.8. The van der Waals surface area contributed by atoms with E-state index in [4.69, 9.17) is 0 Å². The lowest BCUT2D eigenvalue weighted by atomic mass is 9.90. The molecule has 0 bridgehead atoms. The van der Waals surface area contributed by atoms with Gasteiger partial charge in [-0.2, -0.15) is 26.3 Å². The van der Waals surface area contributed by atoms with E-state index in [9.17, 15) is 44.5 Å². The molecular weight excluding hydrogens is 581 g/mol. The summed E-state index contributed by atoms with van der Waals surface area (Å²) in [6, 6.07) is 8.91. The van der Waals surface area contributed by atoms with Crippen LogP contribution >= 0.6 is 0 Å². The highest BCUT2D eigenvalue weighted by Crippen LogP contribution is 2.48. The van der Waals surface area contributed by atoms with Crippen LogP contribution in [0.15, 0.2) is 71.9 Å². The maximum absolute atomic E-state index is 13.6. The van der Waals surface area contributed by atoms with Crippen molar-refractivity contribution >= 4 is 28.5 Å². The van der Waals surface area contributed by atoms with E-state index in [1.54, 1.807) is 0 Å². The first-order chi connectivity index (χ1) is 19.3. The molecule has 1 aliphatic heterocycles. The number of carbonyl (C=O) groups excluding carboxylic acids is 2. The second-order valence-corrected chi connectivity index (χ2v) is 10.4. The lowest BCUT2D eigenvalue weighted by Gasteiger charge is -2.38. The molecule has 1 aliphatic rings. The lowest BCUT2D eigenvalue weighted by Crippen LogP contribution is -2.47. The number of benzene rings is 2. The third kappa shape index (κ3) is 7.01. The summed E-state index contributed by atoms with van der Waals surface area (Å²) in [5.41, 5.74) is 3.77. The molecule has 1 aromatic heterocycles. The first kappa shape index (κ1) is 30.0. The number of pyridine rings is 1. The van der Waals surface area contributed by atoms with Crippen molar-refractivity contribution in [2.75, 3.05) is 4.31 Å². The van der Waals surface area contributed by atoms with E-state index in [2.05, 4.69) is 15.8 Å². The Hall–Kier alpha value is -4.01. The van der Waals surface area contributed by atoms with Gasteiger partial charge in [-0.25, -0.2) is 8.60 Å². The summed E-state index contributed by atoms with van der Waals surface area (Å²) in [6.45, 7) is 0. The Balaban J connectivity index is 1.62. The SMILES string of the molecule is O=C(C[C@@H]1CCc2cc(C(C(F)(F)F)C(F)(F)F)ccc2N1S(=O)c1ccc(F)cc1)NNC(=O)c1ccncc1. The number of anilines is 1. The Labute approximate surface area is 231 Å². The second-order valence-electron chi connectivity index (χ2n) is 9.07. The van der Waals surface area contributed by atoms with Gasteiger partial charge in [0.25, 0.3) is 5.91 Å². The van der Waals surface area contributed by atoms with E-state index in [-0.39, 0.29) is 41.0 Å². The number of amides is 2. The average Bonchev–Trinajstić information content (AvgIpc) is 2.90. The summed E-state index contributed by atoms with van der Waals surface area (Å²) in [5.74, 6) is -5.69. The Morgan fingerprint density at radius 3 is 2.20 bits per heavy atom. The third-order valence-electron chi connectivity index (χ3n) is 6.28. The largest absolute Gasteiger partial charge is 0.404 e. The van der Waals surface area contributed by atoms with E-state index >= 15 is 0 Å². The van der Waals surface area contributed by atoms with Crippen molar-refractivity contribution in [2.45, 2.75) is 48.5 Å². The molecule has 4 rings (SSSR count). The minimum absolute atomic E-state index is 0.0238. The fourth-order valence-electron chi connectivity index (χ4n) is 4.44. The van der Waals surface area contributed by atoms with Gasteiger partial charge in [0.15, 0.2) is 16.9 Å². The Kier molecular flexibility index (Phi) is 8.66. The summed E-state index contributed by atoms with van der Waals surface area (Å²) in [6.07, 6.45) is -8.80. The number of nitrogens with zero attached hydrogens (tertiary/aromatic N) is 2. The van der Waals surface area contributed by atoms with E-state index in [0.29, 0.717) is 6.07 Å². The highest BCUT2D eigenvalue weighted by atomic mass is 32.2. The van der Waals surface area contributed by atoms with E-state index < -0.39 is 58.5 Å². The zero-order valence-corrected chi connectivity index (χ0v) is 21.6. The van der Waals surface area contributed by atoms with Crippen LogP contribution in [0.5, 0.6) is 0 Å². The summed E-state index contributed by atoms with van der Waals surface area (Å²) in [4.78, 5) is 28.8. The number of aromatic nitrogens is 1. The Morgan fingerprint density at radius 1 is 0.951 bits per heavy atom. The first-order valence-corrected chi connectivity index (χ1v) is 13.1. The molecule has 218 valence electrons. The molecule has 0 saturated heterocycles. The molecule has 7 nitrogen and oxygen atoms in total. The van der Waals surface area contributed by atoms with Crippen molar-refractivity contribution in [3.05, 3.63) is 89.5 Å². The number of alkyl halides is 6. The highest BCUT2D eigenvalue weighted by molar-refractivity contribution is 7.86. The van der Waals surface area contributed by atoms with Crippen molar-refractivity contribution in [1.82, 2.24) is 15.8 Å². The standard InChI is InChI=1S/C26H21F7N4O3S/c27-18-3-6-20(7-4-18)41(40)37-19(14-22(38)35-36-24(39)15-9-11-34-12-10-15)5-1-16-13-17(2-8-21(16)37)23(25(28,29)30)26(31,32)33/h2-4,6-13,19,23H,1,5,14H2,(H,35,38)(H,36,39)/t19-,41?/m0/s1.